The molecule has 1 aromatic heterocycles. The summed E-state index contributed by atoms with van der Waals surface area (Å²) in [7, 11) is 0. The first kappa shape index (κ1) is 12.8. The number of aromatic nitrogens is 1. The van der Waals surface area contributed by atoms with Gasteiger partial charge in [-0.15, -0.1) is 0 Å². The molecule has 1 aliphatic rings. The normalized spacial score (nSPS) is 22.2. The number of nitrogens with zero attached hydrogens (tertiary/aromatic N) is 1. The standard InChI is InChI=1S/C13H22N2OS/c1-9(2)12-11(17-13(16)14-12)8-15-7-5-4-6-10(15)3/h9-10H,4-8H2,1-3H3,(H,14,16). The van der Waals surface area contributed by atoms with Crippen molar-refractivity contribution < 1.29 is 0 Å². The van der Waals surface area contributed by atoms with E-state index in [0.29, 0.717) is 12.0 Å². The van der Waals surface area contributed by atoms with Gasteiger partial charge in [0.15, 0.2) is 0 Å². The molecule has 2 heterocycles. The summed E-state index contributed by atoms with van der Waals surface area (Å²) in [6.07, 6.45) is 3.93. The summed E-state index contributed by atoms with van der Waals surface area (Å²) in [5.74, 6) is 0.407. The predicted molar refractivity (Wildman–Crippen MR) is 72.8 cm³/mol. The minimum Gasteiger partial charge on any atom is -0.316 e. The number of likely N-dealkylation sites (tertiary alicyclic amines) is 1. The van der Waals surface area contributed by atoms with Crippen LogP contribution in [0.25, 0.3) is 0 Å². The molecule has 1 aliphatic heterocycles. The zero-order chi connectivity index (χ0) is 12.4. The highest BCUT2D eigenvalue weighted by Gasteiger charge is 2.21. The smallest absolute Gasteiger partial charge is 0.304 e. The van der Waals surface area contributed by atoms with Gasteiger partial charge in [-0.25, -0.2) is 0 Å². The lowest BCUT2D eigenvalue weighted by Gasteiger charge is -2.33. The van der Waals surface area contributed by atoms with Crippen LogP contribution in [0.2, 0.25) is 0 Å². The van der Waals surface area contributed by atoms with Crippen LogP contribution < -0.4 is 4.87 Å². The van der Waals surface area contributed by atoms with Gasteiger partial charge in [0.25, 0.3) is 0 Å². The average molecular weight is 254 g/mol. The van der Waals surface area contributed by atoms with Crippen molar-refractivity contribution in [3.05, 3.63) is 20.2 Å². The minimum absolute atomic E-state index is 0.0911. The third-order valence-electron chi connectivity index (χ3n) is 3.62. The van der Waals surface area contributed by atoms with Gasteiger partial charge in [-0.05, 0) is 32.2 Å². The molecule has 0 radical (unpaired) electrons. The van der Waals surface area contributed by atoms with Gasteiger partial charge in [0.1, 0.15) is 0 Å². The number of hydrogen-bond acceptors (Lipinski definition) is 3. The lowest BCUT2D eigenvalue weighted by molar-refractivity contribution is 0.153. The molecule has 1 saturated heterocycles. The van der Waals surface area contributed by atoms with E-state index in [1.807, 2.05) is 0 Å². The third-order valence-corrected chi connectivity index (χ3v) is 4.50. The molecular formula is C13H22N2OS. The molecule has 0 aliphatic carbocycles. The van der Waals surface area contributed by atoms with Gasteiger partial charge in [-0.1, -0.05) is 31.6 Å². The summed E-state index contributed by atoms with van der Waals surface area (Å²) in [5.41, 5.74) is 1.14. The van der Waals surface area contributed by atoms with Crippen LogP contribution in [0.3, 0.4) is 0 Å². The molecular weight excluding hydrogens is 232 g/mol. The lowest BCUT2D eigenvalue weighted by atomic mass is 10.0. The maximum Gasteiger partial charge on any atom is 0.304 e. The molecule has 3 nitrogen and oxygen atoms in total. The van der Waals surface area contributed by atoms with Gasteiger partial charge in [-0.3, -0.25) is 9.69 Å². The van der Waals surface area contributed by atoms with Crippen molar-refractivity contribution in [2.45, 2.75) is 58.5 Å². The van der Waals surface area contributed by atoms with E-state index < -0.39 is 0 Å². The number of hydrogen-bond donors (Lipinski definition) is 1. The summed E-state index contributed by atoms with van der Waals surface area (Å²) in [5, 5.41) is 0. The predicted octanol–water partition coefficient (Wildman–Crippen LogP) is 2.93. The van der Waals surface area contributed by atoms with Crippen molar-refractivity contribution in [3.8, 4) is 0 Å². The van der Waals surface area contributed by atoms with Crippen molar-refractivity contribution >= 4 is 11.3 Å². The first-order chi connectivity index (χ1) is 8.08. The van der Waals surface area contributed by atoms with Crippen LogP contribution >= 0.6 is 11.3 Å². The molecule has 1 N–H and O–H groups in total. The minimum atomic E-state index is 0.0911. The first-order valence-corrected chi connectivity index (χ1v) is 7.35. The van der Waals surface area contributed by atoms with E-state index in [1.54, 1.807) is 0 Å². The number of nitrogens with one attached hydrogen (secondary N) is 1. The highest BCUT2D eigenvalue weighted by molar-refractivity contribution is 7.09. The molecule has 2 rings (SSSR count). The van der Waals surface area contributed by atoms with E-state index in [9.17, 15) is 4.79 Å². The number of piperidine rings is 1. The van der Waals surface area contributed by atoms with Crippen LogP contribution in [-0.4, -0.2) is 22.5 Å². The third kappa shape index (κ3) is 2.99. The average Bonchev–Trinajstić information content (AvgIpc) is 2.63. The Morgan fingerprint density at radius 2 is 2.24 bits per heavy atom. The number of rotatable bonds is 3. The molecule has 0 spiro atoms. The van der Waals surface area contributed by atoms with Gasteiger partial charge >= 0.3 is 4.87 Å². The molecule has 0 bridgehead atoms. The van der Waals surface area contributed by atoms with Gasteiger partial charge < -0.3 is 4.98 Å². The van der Waals surface area contributed by atoms with Gasteiger partial charge in [0.2, 0.25) is 0 Å². The fourth-order valence-corrected chi connectivity index (χ4v) is 3.54. The zero-order valence-corrected chi connectivity index (χ0v) is 11.8. The van der Waals surface area contributed by atoms with E-state index >= 15 is 0 Å². The Balaban J connectivity index is 2.14. The molecule has 4 heteroatoms. The maximum absolute atomic E-state index is 11.5. The van der Waals surface area contributed by atoms with E-state index in [0.717, 1.165) is 12.2 Å². The Kier molecular flexibility index (Phi) is 4.05. The largest absolute Gasteiger partial charge is 0.316 e. The van der Waals surface area contributed by atoms with Gasteiger partial charge in [0.05, 0.1) is 0 Å². The van der Waals surface area contributed by atoms with E-state index in [4.69, 9.17) is 0 Å². The molecule has 0 saturated carbocycles. The Bertz CT molecular complexity index is 421. The summed E-state index contributed by atoms with van der Waals surface area (Å²) < 4.78 is 0. The number of aromatic amines is 1. The highest BCUT2D eigenvalue weighted by atomic mass is 32.1. The van der Waals surface area contributed by atoms with Crippen LogP contribution in [0.5, 0.6) is 0 Å². The second-order valence-corrected chi connectivity index (χ2v) is 6.39. The van der Waals surface area contributed by atoms with E-state index in [-0.39, 0.29) is 4.87 Å². The first-order valence-electron chi connectivity index (χ1n) is 6.54. The monoisotopic (exact) mass is 254 g/mol. The SMILES string of the molecule is CC(C)c1[nH]c(=O)sc1CN1CCCCC1C. The molecule has 1 aromatic rings. The Labute approximate surface area is 107 Å². The molecule has 17 heavy (non-hydrogen) atoms. The number of H-pyrrole nitrogens is 1. The van der Waals surface area contributed by atoms with Gasteiger partial charge in [-0.2, -0.15) is 0 Å². The Morgan fingerprint density at radius 3 is 2.88 bits per heavy atom. The fourth-order valence-electron chi connectivity index (χ4n) is 2.53. The van der Waals surface area contributed by atoms with Crippen LogP contribution in [-0.2, 0) is 6.54 Å². The van der Waals surface area contributed by atoms with Crippen molar-refractivity contribution in [1.29, 1.82) is 0 Å². The molecule has 1 unspecified atom stereocenters. The zero-order valence-electron chi connectivity index (χ0n) is 11.0. The Hall–Kier alpha value is -0.610. The summed E-state index contributed by atoms with van der Waals surface area (Å²) in [6.45, 7) is 8.69. The van der Waals surface area contributed by atoms with Crippen LogP contribution in [0.15, 0.2) is 4.79 Å². The van der Waals surface area contributed by atoms with Crippen LogP contribution in [0.4, 0.5) is 0 Å². The molecule has 0 amide bonds. The second-order valence-electron chi connectivity index (χ2n) is 5.32. The fraction of sp³-hybridized carbons (Fsp3) is 0.769. The number of thiazole rings is 1. The highest BCUT2D eigenvalue weighted by Crippen LogP contribution is 2.24. The second kappa shape index (κ2) is 5.36. The quantitative estimate of drug-likeness (QED) is 0.900. The van der Waals surface area contributed by atoms with E-state index in [1.165, 1.54) is 42.0 Å². The van der Waals surface area contributed by atoms with Crippen molar-refractivity contribution in [1.82, 2.24) is 9.88 Å². The van der Waals surface area contributed by atoms with E-state index in [2.05, 4.69) is 30.7 Å². The topological polar surface area (TPSA) is 36.1 Å². The summed E-state index contributed by atoms with van der Waals surface area (Å²) in [4.78, 5) is 18.3. The summed E-state index contributed by atoms with van der Waals surface area (Å²) >= 11 is 1.39. The molecule has 0 aromatic carbocycles. The lowest BCUT2D eigenvalue weighted by Crippen LogP contribution is -2.36. The van der Waals surface area contributed by atoms with Crippen LogP contribution in [0.1, 0.15) is 56.5 Å². The Morgan fingerprint density at radius 1 is 1.47 bits per heavy atom. The van der Waals surface area contributed by atoms with Crippen molar-refractivity contribution in [3.63, 3.8) is 0 Å². The molecule has 1 fully saturated rings. The van der Waals surface area contributed by atoms with Crippen molar-refractivity contribution in [2.75, 3.05) is 6.54 Å². The van der Waals surface area contributed by atoms with Gasteiger partial charge in [0, 0.05) is 23.2 Å². The van der Waals surface area contributed by atoms with Crippen LogP contribution in [0, 0.1) is 0 Å². The van der Waals surface area contributed by atoms with Crippen molar-refractivity contribution in [2.24, 2.45) is 0 Å². The molecule has 96 valence electrons. The summed E-state index contributed by atoms with van der Waals surface area (Å²) in [6, 6.07) is 0.654. The molecule has 1 atom stereocenters. The maximum atomic E-state index is 11.5.